The van der Waals surface area contributed by atoms with Gasteiger partial charge in [-0.1, -0.05) is 91.0 Å². The highest BCUT2D eigenvalue weighted by Crippen LogP contribution is 2.36. The molecule has 7 aromatic rings. The van der Waals surface area contributed by atoms with Crippen molar-refractivity contribution in [2.75, 3.05) is 0 Å². The largest absolute Gasteiger partial charge is 0.422 e. The summed E-state index contributed by atoms with van der Waals surface area (Å²) in [5.41, 5.74) is 3.13. The molecule has 0 radical (unpaired) electrons. The summed E-state index contributed by atoms with van der Waals surface area (Å²) in [5, 5.41) is 20.4. The van der Waals surface area contributed by atoms with E-state index in [9.17, 15) is 9.59 Å². The molecule has 0 amide bonds. The molecule has 0 aromatic heterocycles. The lowest BCUT2D eigenvalue weighted by atomic mass is 10.1. The summed E-state index contributed by atoms with van der Waals surface area (Å²) in [5.74, 6) is -0.518. The van der Waals surface area contributed by atoms with Crippen LogP contribution in [0, 0.1) is 0 Å². The Kier molecular flexibility index (Phi) is 8.52. The Bertz CT molecular complexity index is 2180. The molecule has 0 heterocycles. The van der Waals surface area contributed by atoms with Gasteiger partial charge in [-0.3, -0.25) is 0 Å². The fraction of sp³-hybridized carbons (Fsp3) is 0. The van der Waals surface area contributed by atoms with E-state index in [0.717, 1.165) is 22.1 Å². The third-order valence-electron chi connectivity index (χ3n) is 7.52. The molecule has 0 N–H and O–H groups in total. The van der Waals surface area contributed by atoms with Crippen LogP contribution in [-0.4, -0.2) is 11.9 Å². The van der Waals surface area contributed by atoms with Crippen molar-refractivity contribution < 1.29 is 19.1 Å². The summed E-state index contributed by atoms with van der Waals surface area (Å²) in [7, 11) is 0. The molecule has 7 rings (SSSR count). The second kappa shape index (κ2) is 13.7. The maximum absolute atomic E-state index is 13.3. The van der Waals surface area contributed by atoms with Crippen LogP contribution in [0.5, 0.6) is 11.5 Å². The molecule has 8 heteroatoms. The van der Waals surface area contributed by atoms with Gasteiger partial charge < -0.3 is 9.47 Å². The van der Waals surface area contributed by atoms with Crippen LogP contribution in [0.1, 0.15) is 20.7 Å². The van der Waals surface area contributed by atoms with E-state index in [2.05, 4.69) is 20.5 Å². The zero-order valence-electron chi connectivity index (χ0n) is 25.4. The average Bonchev–Trinajstić information content (AvgIpc) is 3.15. The highest BCUT2D eigenvalue weighted by molar-refractivity contribution is 6.02. The number of nitrogens with zero attached hydrogens (tertiary/aromatic N) is 4. The molecule has 0 aliphatic carbocycles. The van der Waals surface area contributed by atoms with Crippen LogP contribution in [0.4, 0.5) is 22.7 Å². The van der Waals surface area contributed by atoms with Gasteiger partial charge in [-0.25, -0.2) is 9.59 Å². The van der Waals surface area contributed by atoms with E-state index in [1.54, 1.807) is 42.5 Å². The van der Waals surface area contributed by atoms with Crippen LogP contribution >= 0.6 is 0 Å². The van der Waals surface area contributed by atoms with Gasteiger partial charge in [-0.05, 0) is 66.7 Å². The number of benzene rings is 7. The third kappa shape index (κ3) is 6.59. The molecule has 0 atom stereocenters. The number of ether oxygens (including phenoxy) is 2. The topological polar surface area (TPSA) is 102 Å². The van der Waals surface area contributed by atoms with Crippen LogP contribution in [-0.2, 0) is 0 Å². The fourth-order valence-electron chi connectivity index (χ4n) is 5.17. The van der Waals surface area contributed by atoms with Crippen molar-refractivity contribution in [1.82, 2.24) is 0 Å². The molecule has 7 aromatic carbocycles. The van der Waals surface area contributed by atoms with E-state index in [1.165, 1.54) is 6.07 Å². The lowest BCUT2D eigenvalue weighted by Gasteiger charge is -2.11. The minimum absolute atomic E-state index is 0.197. The Balaban J connectivity index is 1.10. The molecule has 0 unspecified atom stereocenters. The van der Waals surface area contributed by atoms with Crippen molar-refractivity contribution >= 4 is 56.2 Å². The molecule has 230 valence electrons. The lowest BCUT2D eigenvalue weighted by molar-refractivity contribution is 0.0737. The molecule has 0 aliphatic heterocycles. The van der Waals surface area contributed by atoms with Crippen molar-refractivity contribution in [1.29, 1.82) is 0 Å². The maximum atomic E-state index is 13.3. The molecule has 0 fully saturated rings. The highest BCUT2D eigenvalue weighted by atomic mass is 16.5. The number of esters is 2. The number of fused-ring (bicyclic) bond motifs is 2. The number of carbonyl (C=O) groups excluding carboxylic acids is 2. The van der Waals surface area contributed by atoms with Crippen LogP contribution in [0.3, 0.4) is 0 Å². The predicted octanol–water partition coefficient (Wildman–Crippen LogP) is 11.3. The van der Waals surface area contributed by atoms with E-state index in [-0.39, 0.29) is 11.1 Å². The van der Waals surface area contributed by atoms with E-state index < -0.39 is 11.9 Å². The summed E-state index contributed by atoms with van der Waals surface area (Å²) in [6, 6.07) is 47.0. The first-order chi connectivity index (χ1) is 23.6. The van der Waals surface area contributed by atoms with Crippen LogP contribution < -0.4 is 9.47 Å². The van der Waals surface area contributed by atoms with Gasteiger partial charge in [0.1, 0.15) is 11.5 Å². The highest BCUT2D eigenvalue weighted by Gasteiger charge is 2.17. The van der Waals surface area contributed by atoms with Crippen LogP contribution in [0.25, 0.3) is 21.5 Å². The van der Waals surface area contributed by atoms with E-state index in [1.807, 2.05) is 109 Å². The number of carbonyl (C=O) groups is 2. The van der Waals surface area contributed by atoms with E-state index in [0.29, 0.717) is 33.6 Å². The van der Waals surface area contributed by atoms with Crippen molar-refractivity contribution in [2.45, 2.75) is 0 Å². The molecule has 0 aliphatic rings. The Morgan fingerprint density at radius 3 is 1.21 bits per heavy atom. The fourth-order valence-corrected chi connectivity index (χ4v) is 5.17. The van der Waals surface area contributed by atoms with Crippen molar-refractivity contribution in [3.63, 3.8) is 0 Å². The van der Waals surface area contributed by atoms with Gasteiger partial charge in [0.15, 0.2) is 0 Å². The molecule has 0 saturated heterocycles. The molecule has 8 nitrogen and oxygen atoms in total. The first kappa shape index (κ1) is 29.9. The normalized spacial score (nSPS) is 11.3. The zero-order valence-corrected chi connectivity index (χ0v) is 25.4. The maximum Gasteiger partial charge on any atom is 0.343 e. The minimum atomic E-state index is -0.618. The average molecular weight is 627 g/mol. The monoisotopic (exact) mass is 626 g/mol. The van der Waals surface area contributed by atoms with Crippen LogP contribution in [0.15, 0.2) is 178 Å². The Morgan fingerprint density at radius 2 is 0.771 bits per heavy atom. The standard InChI is InChI=1S/C40H26N4O4/c45-39(47-37-24-22-35(31-18-7-9-20-33(31)37)43-41-29-14-3-1-4-15-29)27-12-11-13-28(26-27)40(46)48-38-25-23-36(32-19-8-10-21-34(32)38)44-42-30-16-5-2-6-17-30/h1-26H. The molecule has 48 heavy (non-hydrogen) atoms. The van der Waals surface area contributed by atoms with E-state index in [4.69, 9.17) is 9.47 Å². The summed E-state index contributed by atoms with van der Waals surface area (Å²) in [6.45, 7) is 0. The van der Waals surface area contributed by atoms with Gasteiger partial charge in [0.05, 0.1) is 33.9 Å². The quantitative estimate of drug-likeness (QED) is 0.0951. The number of azo groups is 2. The van der Waals surface area contributed by atoms with Gasteiger partial charge in [0, 0.05) is 21.5 Å². The van der Waals surface area contributed by atoms with E-state index >= 15 is 0 Å². The predicted molar refractivity (Wildman–Crippen MR) is 185 cm³/mol. The van der Waals surface area contributed by atoms with Gasteiger partial charge in [-0.2, -0.15) is 10.2 Å². The number of hydrogen-bond donors (Lipinski definition) is 0. The number of rotatable bonds is 8. The number of hydrogen-bond acceptors (Lipinski definition) is 8. The minimum Gasteiger partial charge on any atom is -0.422 e. The Labute approximate surface area is 275 Å². The van der Waals surface area contributed by atoms with Gasteiger partial charge >= 0.3 is 11.9 Å². The molecule has 0 bridgehead atoms. The van der Waals surface area contributed by atoms with Crippen LogP contribution in [0.2, 0.25) is 0 Å². The van der Waals surface area contributed by atoms with Gasteiger partial charge in [0.2, 0.25) is 0 Å². The van der Waals surface area contributed by atoms with Crippen molar-refractivity contribution in [3.05, 3.63) is 169 Å². The Morgan fingerprint density at radius 1 is 0.375 bits per heavy atom. The molecular weight excluding hydrogens is 600 g/mol. The Hall–Kier alpha value is -6.80. The summed E-state index contributed by atoms with van der Waals surface area (Å²) >= 11 is 0. The second-order valence-electron chi connectivity index (χ2n) is 10.7. The molecule has 0 spiro atoms. The first-order valence-electron chi connectivity index (χ1n) is 15.1. The summed E-state index contributed by atoms with van der Waals surface area (Å²) in [6.07, 6.45) is 0. The molecule has 0 saturated carbocycles. The van der Waals surface area contributed by atoms with Crippen molar-refractivity contribution in [3.8, 4) is 11.5 Å². The summed E-state index contributed by atoms with van der Waals surface area (Å²) in [4.78, 5) is 26.7. The lowest BCUT2D eigenvalue weighted by Crippen LogP contribution is -2.13. The SMILES string of the molecule is O=C(Oc1ccc(N=Nc2ccccc2)c2ccccc12)c1cccc(C(=O)Oc2ccc(N=Nc3ccccc3)c3ccccc23)c1. The third-order valence-corrected chi connectivity index (χ3v) is 7.52. The second-order valence-corrected chi connectivity index (χ2v) is 10.7. The van der Waals surface area contributed by atoms with Crippen molar-refractivity contribution in [2.24, 2.45) is 20.5 Å². The zero-order chi connectivity index (χ0) is 32.7. The van der Waals surface area contributed by atoms with Gasteiger partial charge in [-0.15, -0.1) is 10.2 Å². The first-order valence-corrected chi connectivity index (χ1v) is 15.1. The summed E-state index contributed by atoms with van der Waals surface area (Å²) < 4.78 is 11.7. The molecular formula is C40H26N4O4. The van der Waals surface area contributed by atoms with Gasteiger partial charge in [0.25, 0.3) is 0 Å². The smallest absolute Gasteiger partial charge is 0.343 e.